The van der Waals surface area contributed by atoms with E-state index in [4.69, 9.17) is 0 Å². The zero-order chi connectivity index (χ0) is 8.49. The largest absolute Gasteiger partial charge is 0.0654 e. The lowest BCUT2D eigenvalue weighted by Gasteiger charge is -2.31. The first-order chi connectivity index (χ1) is 4.93. The van der Waals surface area contributed by atoms with Gasteiger partial charge in [0.05, 0.1) is 0 Å². The highest BCUT2D eigenvalue weighted by Gasteiger charge is 2.93. The van der Waals surface area contributed by atoms with E-state index >= 15 is 0 Å². The Morgan fingerprint density at radius 2 is 1.55 bits per heavy atom. The maximum atomic E-state index is 2.48. The summed E-state index contributed by atoms with van der Waals surface area (Å²) in [4.78, 5) is 0. The minimum atomic E-state index is 0.678. The summed E-state index contributed by atoms with van der Waals surface area (Å²) >= 11 is 0. The summed E-state index contributed by atoms with van der Waals surface area (Å²) in [5, 5.41) is 0. The van der Waals surface area contributed by atoms with Crippen LogP contribution in [-0.4, -0.2) is 0 Å². The molecule has 2 aliphatic carbocycles. The van der Waals surface area contributed by atoms with Crippen LogP contribution in [0, 0.1) is 22.2 Å². The molecule has 0 N–H and O–H groups in total. The molecule has 0 spiro atoms. The van der Waals surface area contributed by atoms with Gasteiger partial charge < -0.3 is 0 Å². The van der Waals surface area contributed by atoms with Gasteiger partial charge in [-0.05, 0) is 28.6 Å². The van der Waals surface area contributed by atoms with Gasteiger partial charge in [0, 0.05) is 0 Å². The summed E-state index contributed by atoms with van der Waals surface area (Å²) in [7, 11) is 0. The van der Waals surface area contributed by atoms with Gasteiger partial charge in [-0.1, -0.05) is 41.0 Å². The van der Waals surface area contributed by atoms with E-state index in [-0.39, 0.29) is 0 Å². The van der Waals surface area contributed by atoms with Crippen LogP contribution in [-0.2, 0) is 0 Å². The van der Waals surface area contributed by atoms with Crippen LogP contribution in [0.25, 0.3) is 0 Å². The van der Waals surface area contributed by atoms with Crippen molar-refractivity contribution in [2.24, 2.45) is 22.2 Å². The van der Waals surface area contributed by atoms with Gasteiger partial charge in [0.2, 0.25) is 0 Å². The van der Waals surface area contributed by atoms with E-state index in [1.54, 1.807) is 0 Å². The normalized spacial score (nSPS) is 57.0. The Labute approximate surface area is 70.4 Å². The molecule has 2 saturated carbocycles. The minimum absolute atomic E-state index is 0.678. The van der Waals surface area contributed by atoms with Crippen molar-refractivity contribution in [3.63, 3.8) is 0 Å². The van der Waals surface area contributed by atoms with E-state index in [2.05, 4.69) is 34.6 Å². The molecule has 0 nitrogen and oxygen atoms in total. The van der Waals surface area contributed by atoms with Crippen LogP contribution in [0.1, 0.15) is 47.5 Å². The fourth-order valence-corrected chi connectivity index (χ4v) is 4.23. The molecule has 2 aliphatic rings. The van der Waals surface area contributed by atoms with E-state index < -0.39 is 0 Å². The van der Waals surface area contributed by atoms with Crippen LogP contribution < -0.4 is 0 Å². The van der Waals surface area contributed by atoms with E-state index in [0.29, 0.717) is 5.41 Å². The molecule has 64 valence electrons. The molecule has 3 unspecified atom stereocenters. The molecule has 0 radical (unpaired) electrons. The molecule has 0 bridgehead atoms. The van der Waals surface area contributed by atoms with Gasteiger partial charge in [0.25, 0.3) is 0 Å². The van der Waals surface area contributed by atoms with Crippen LogP contribution in [0.15, 0.2) is 0 Å². The maximum absolute atomic E-state index is 2.48. The van der Waals surface area contributed by atoms with Crippen molar-refractivity contribution >= 4 is 0 Å². The monoisotopic (exact) mass is 152 g/mol. The summed E-state index contributed by atoms with van der Waals surface area (Å²) < 4.78 is 0. The van der Waals surface area contributed by atoms with Gasteiger partial charge in [-0.2, -0.15) is 0 Å². The summed E-state index contributed by atoms with van der Waals surface area (Å²) in [6.45, 7) is 12.1. The van der Waals surface area contributed by atoms with Gasteiger partial charge in [-0.3, -0.25) is 0 Å². The van der Waals surface area contributed by atoms with Gasteiger partial charge in [-0.15, -0.1) is 0 Å². The molecule has 2 rings (SSSR count). The summed E-state index contributed by atoms with van der Waals surface area (Å²) in [5.74, 6) is 1.04. The lowest BCUT2D eigenvalue weighted by atomic mass is 9.73. The number of rotatable bonds is 2. The Hall–Kier alpha value is 0. The van der Waals surface area contributed by atoms with Gasteiger partial charge in [-0.25, -0.2) is 0 Å². The Balaban J connectivity index is 2.09. The van der Waals surface area contributed by atoms with Crippen LogP contribution in [0.3, 0.4) is 0 Å². The molecule has 0 aliphatic heterocycles. The predicted molar refractivity (Wildman–Crippen MR) is 48.4 cm³/mol. The molecular formula is C11H20. The summed E-state index contributed by atoms with van der Waals surface area (Å²) in [5.41, 5.74) is 2.12. The molecule has 0 aromatic carbocycles. The molecule has 0 amide bonds. The van der Waals surface area contributed by atoms with Crippen LogP contribution in [0.4, 0.5) is 0 Å². The zero-order valence-corrected chi connectivity index (χ0v) is 8.49. The number of hydrogen-bond acceptors (Lipinski definition) is 0. The lowest BCUT2D eigenvalue weighted by molar-refractivity contribution is 0.176. The second-order valence-corrected chi connectivity index (χ2v) is 5.52. The third-order valence-corrected chi connectivity index (χ3v) is 5.06. The molecule has 0 aromatic heterocycles. The SMILES string of the molecule is CCCC1(C)C2C(C)(C)C21C. The van der Waals surface area contributed by atoms with Crippen molar-refractivity contribution in [2.75, 3.05) is 0 Å². The van der Waals surface area contributed by atoms with Crippen LogP contribution in [0.5, 0.6) is 0 Å². The minimum Gasteiger partial charge on any atom is -0.0654 e. The first kappa shape index (κ1) is 7.64. The Bertz CT molecular complexity index is 204. The topological polar surface area (TPSA) is 0 Å². The van der Waals surface area contributed by atoms with E-state index in [1.807, 2.05) is 0 Å². The Morgan fingerprint density at radius 3 is 1.82 bits per heavy atom. The quantitative estimate of drug-likeness (QED) is 0.568. The highest BCUT2D eigenvalue weighted by molar-refractivity contribution is 5.40. The summed E-state index contributed by atoms with van der Waals surface area (Å²) in [6.07, 6.45) is 2.80. The van der Waals surface area contributed by atoms with Crippen molar-refractivity contribution in [3.8, 4) is 0 Å². The second-order valence-electron chi connectivity index (χ2n) is 5.52. The highest BCUT2D eigenvalue weighted by Crippen LogP contribution is 2.98. The fraction of sp³-hybridized carbons (Fsp3) is 1.00. The molecular weight excluding hydrogens is 132 g/mol. The van der Waals surface area contributed by atoms with E-state index in [1.165, 1.54) is 12.8 Å². The van der Waals surface area contributed by atoms with Crippen LogP contribution in [0.2, 0.25) is 0 Å². The van der Waals surface area contributed by atoms with Crippen molar-refractivity contribution in [1.82, 2.24) is 0 Å². The average Bonchev–Trinajstić information content (AvgIpc) is 2.51. The lowest BCUT2D eigenvalue weighted by Crippen LogP contribution is -2.24. The molecule has 2 fully saturated rings. The standard InChI is InChI=1S/C11H20/c1-6-7-10(4)8-9(2,3)11(8,10)5/h8H,6-7H2,1-5H3. The predicted octanol–water partition coefficient (Wildman–Crippen LogP) is 3.47. The molecule has 3 atom stereocenters. The molecule has 0 heterocycles. The van der Waals surface area contributed by atoms with E-state index in [9.17, 15) is 0 Å². The zero-order valence-electron chi connectivity index (χ0n) is 8.49. The molecule has 0 heteroatoms. The van der Waals surface area contributed by atoms with Crippen molar-refractivity contribution < 1.29 is 0 Å². The van der Waals surface area contributed by atoms with E-state index in [0.717, 1.165) is 16.7 Å². The van der Waals surface area contributed by atoms with Gasteiger partial charge in [0.15, 0.2) is 0 Å². The van der Waals surface area contributed by atoms with Crippen molar-refractivity contribution in [2.45, 2.75) is 47.5 Å². The third-order valence-electron chi connectivity index (χ3n) is 5.06. The fourth-order valence-electron chi connectivity index (χ4n) is 4.23. The maximum Gasteiger partial charge on any atom is -0.0176 e. The average molecular weight is 152 g/mol. The first-order valence-electron chi connectivity index (χ1n) is 4.93. The molecule has 0 saturated heterocycles. The van der Waals surface area contributed by atoms with Crippen molar-refractivity contribution in [3.05, 3.63) is 0 Å². The second kappa shape index (κ2) is 1.53. The number of hydrogen-bond donors (Lipinski definition) is 0. The summed E-state index contributed by atoms with van der Waals surface area (Å²) in [6, 6.07) is 0. The number of fused-ring (bicyclic) bond motifs is 1. The first-order valence-corrected chi connectivity index (χ1v) is 4.93. The smallest absolute Gasteiger partial charge is 0.0176 e. The molecule has 0 aromatic rings. The Kier molecular flexibility index (Phi) is 1.06. The van der Waals surface area contributed by atoms with Crippen LogP contribution >= 0.6 is 0 Å². The van der Waals surface area contributed by atoms with Gasteiger partial charge in [0.1, 0.15) is 0 Å². The van der Waals surface area contributed by atoms with Gasteiger partial charge >= 0.3 is 0 Å². The third kappa shape index (κ3) is 0.494. The molecule has 11 heavy (non-hydrogen) atoms. The Morgan fingerprint density at radius 1 is 1.09 bits per heavy atom. The highest BCUT2D eigenvalue weighted by atomic mass is 15.0. The van der Waals surface area contributed by atoms with Crippen molar-refractivity contribution in [1.29, 1.82) is 0 Å².